The maximum atomic E-state index is 12.3. The van der Waals surface area contributed by atoms with Crippen LogP contribution in [0.15, 0.2) is 42.6 Å². The van der Waals surface area contributed by atoms with Crippen molar-refractivity contribution in [3.63, 3.8) is 0 Å². The normalized spacial score (nSPS) is 10.7. The second kappa shape index (κ2) is 7.59. The Hall–Kier alpha value is -2.36. The number of benzene rings is 1. The van der Waals surface area contributed by atoms with Gasteiger partial charge in [-0.25, -0.2) is 0 Å². The molecule has 4 heteroatoms. The molecule has 2 rings (SSSR count). The topological polar surface area (TPSA) is 62.0 Å². The van der Waals surface area contributed by atoms with E-state index in [9.17, 15) is 9.59 Å². The minimum Gasteiger partial charge on any atom is -0.356 e. The lowest BCUT2D eigenvalue weighted by Gasteiger charge is -2.08. The maximum absolute atomic E-state index is 12.3. The van der Waals surface area contributed by atoms with Crippen molar-refractivity contribution in [2.75, 3.05) is 0 Å². The van der Waals surface area contributed by atoms with Gasteiger partial charge >= 0.3 is 0 Å². The summed E-state index contributed by atoms with van der Waals surface area (Å²) in [5.74, 6) is -0.0770. The molecule has 1 heterocycles. The van der Waals surface area contributed by atoms with Crippen LogP contribution in [0.4, 0.5) is 0 Å². The Morgan fingerprint density at radius 2 is 1.82 bits per heavy atom. The smallest absolute Gasteiger partial charge is 0.267 e. The number of carbonyl (C=O) groups excluding carboxylic acids is 2. The van der Waals surface area contributed by atoms with E-state index in [-0.39, 0.29) is 17.6 Å². The lowest BCUT2D eigenvalue weighted by molar-refractivity contribution is 0.0913. The monoisotopic (exact) mass is 298 g/mol. The number of hydrogen-bond acceptors (Lipinski definition) is 2. The van der Waals surface area contributed by atoms with Gasteiger partial charge in [0.25, 0.3) is 5.91 Å². The molecule has 0 bridgehead atoms. The summed E-state index contributed by atoms with van der Waals surface area (Å²) in [5, 5.41) is 2.84. The molecule has 0 saturated heterocycles. The van der Waals surface area contributed by atoms with E-state index in [0.717, 1.165) is 18.4 Å². The number of carbonyl (C=O) groups is 2. The van der Waals surface area contributed by atoms with E-state index in [2.05, 4.69) is 10.3 Å². The number of amides is 1. The van der Waals surface area contributed by atoms with Gasteiger partial charge in [0.1, 0.15) is 5.69 Å². The van der Waals surface area contributed by atoms with Gasteiger partial charge in [-0.2, -0.15) is 0 Å². The van der Waals surface area contributed by atoms with Gasteiger partial charge in [-0.3, -0.25) is 9.59 Å². The molecular formula is C18H22N2O2. The van der Waals surface area contributed by atoms with Crippen LogP contribution in [0, 0.1) is 5.92 Å². The molecule has 116 valence electrons. The summed E-state index contributed by atoms with van der Waals surface area (Å²) in [6.07, 6.45) is 3.25. The van der Waals surface area contributed by atoms with Crippen LogP contribution in [0.1, 0.15) is 53.1 Å². The molecular weight excluding hydrogens is 276 g/mol. The number of aromatic amines is 1. The number of H-pyrrole nitrogens is 1. The van der Waals surface area contributed by atoms with Crippen molar-refractivity contribution in [3.05, 3.63) is 59.4 Å². The van der Waals surface area contributed by atoms with E-state index < -0.39 is 0 Å². The third-order valence-electron chi connectivity index (χ3n) is 3.86. The zero-order chi connectivity index (χ0) is 15.9. The minimum absolute atomic E-state index is 0.0241. The summed E-state index contributed by atoms with van der Waals surface area (Å²) in [6, 6.07) is 11.4. The highest BCUT2D eigenvalue weighted by molar-refractivity contribution is 6.01. The Balaban J connectivity index is 1.98. The molecule has 0 atom stereocenters. The first kappa shape index (κ1) is 16.0. The summed E-state index contributed by atoms with van der Waals surface area (Å²) < 4.78 is 0. The molecule has 0 aliphatic carbocycles. The van der Waals surface area contributed by atoms with Gasteiger partial charge in [-0.1, -0.05) is 44.2 Å². The Morgan fingerprint density at radius 1 is 1.14 bits per heavy atom. The van der Waals surface area contributed by atoms with Gasteiger partial charge in [-0.05, 0) is 24.5 Å². The Labute approximate surface area is 130 Å². The number of ketones is 1. The van der Waals surface area contributed by atoms with E-state index in [1.54, 1.807) is 12.3 Å². The van der Waals surface area contributed by atoms with E-state index in [1.807, 2.05) is 44.2 Å². The van der Waals surface area contributed by atoms with Gasteiger partial charge in [0.15, 0.2) is 5.78 Å². The molecule has 0 saturated carbocycles. The number of nitrogens with one attached hydrogen (secondary N) is 2. The molecule has 0 fully saturated rings. The van der Waals surface area contributed by atoms with Crippen LogP contribution in [-0.2, 0) is 6.54 Å². The highest BCUT2D eigenvalue weighted by Gasteiger charge is 2.19. The van der Waals surface area contributed by atoms with Gasteiger partial charge in [0.05, 0.1) is 0 Å². The standard InChI is InChI=1S/C18H22N2O2/c1-3-14(4-2)17(21)15-10-16(19-12-15)18(22)20-11-13-8-6-5-7-9-13/h5-10,12,14,19H,3-4,11H2,1-2H3,(H,20,22). The molecule has 0 unspecified atom stereocenters. The quantitative estimate of drug-likeness (QED) is 0.768. The average Bonchev–Trinajstić information content (AvgIpc) is 3.04. The molecule has 1 amide bonds. The zero-order valence-corrected chi connectivity index (χ0v) is 13.1. The third kappa shape index (κ3) is 3.85. The van der Waals surface area contributed by atoms with Crippen molar-refractivity contribution in [2.24, 2.45) is 5.92 Å². The molecule has 2 N–H and O–H groups in total. The fourth-order valence-corrected chi connectivity index (χ4v) is 2.44. The first-order valence-electron chi connectivity index (χ1n) is 7.70. The molecule has 2 aromatic rings. The molecule has 1 aromatic heterocycles. The van der Waals surface area contributed by atoms with Crippen LogP contribution < -0.4 is 5.32 Å². The molecule has 1 aromatic carbocycles. The third-order valence-corrected chi connectivity index (χ3v) is 3.86. The second-order valence-electron chi connectivity index (χ2n) is 5.35. The molecule has 0 aliphatic heterocycles. The first-order chi connectivity index (χ1) is 10.7. The summed E-state index contributed by atoms with van der Waals surface area (Å²) >= 11 is 0. The number of aromatic nitrogens is 1. The van der Waals surface area contributed by atoms with E-state index in [4.69, 9.17) is 0 Å². The highest BCUT2D eigenvalue weighted by atomic mass is 16.2. The van der Waals surface area contributed by atoms with Gasteiger partial charge in [-0.15, -0.1) is 0 Å². The molecule has 0 spiro atoms. The number of Topliss-reactive ketones (excluding diaryl/α,β-unsaturated/α-hetero) is 1. The van der Waals surface area contributed by atoms with Crippen molar-refractivity contribution in [1.82, 2.24) is 10.3 Å². The fourth-order valence-electron chi connectivity index (χ4n) is 2.44. The summed E-state index contributed by atoms with van der Waals surface area (Å²) in [4.78, 5) is 27.3. The van der Waals surface area contributed by atoms with Crippen LogP contribution in [0.5, 0.6) is 0 Å². The van der Waals surface area contributed by atoms with Gasteiger partial charge in [0.2, 0.25) is 0 Å². The Bertz CT molecular complexity index is 628. The Kier molecular flexibility index (Phi) is 5.53. The highest BCUT2D eigenvalue weighted by Crippen LogP contribution is 2.16. The SMILES string of the molecule is CCC(CC)C(=O)c1c[nH]c(C(=O)NCc2ccccc2)c1. The predicted octanol–water partition coefficient (Wildman–Crippen LogP) is 3.56. The van der Waals surface area contributed by atoms with E-state index in [0.29, 0.717) is 17.8 Å². The number of hydrogen-bond donors (Lipinski definition) is 2. The predicted molar refractivity (Wildman–Crippen MR) is 86.8 cm³/mol. The minimum atomic E-state index is -0.201. The molecule has 22 heavy (non-hydrogen) atoms. The average molecular weight is 298 g/mol. The fraction of sp³-hybridized carbons (Fsp3) is 0.333. The molecule has 0 aliphatic rings. The van der Waals surface area contributed by atoms with Crippen molar-refractivity contribution in [2.45, 2.75) is 33.2 Å². The van der Waals surface area contributed by atoms with Crippen molar-refractivity contribution < 1.29 is 9.59 Å². The van der Waals surface area contributed by atoms with E-state index in [1.165, 1.54) is 0 Å². The van der Waals surface area contributed by atoms with Crippen molar-refractivity contribution in [1.29, 1.82) is 0 Å². The lowest BCUT2D eigenvalue weighted by Crippen LogP contribution is -2.23. The van der Waals surface area contributed by atoms with Crippen molar-refractivity contribution in [3.8, 4) is 0 Å². The first-order valence-corrected chi connectivity index (χ1v) is 7.70. The van der Waals surface area contributed by atoms with Gasteiger partial charge < -0.3 is 10.3 Å². The van der Waals surface area contributed by atoms with Crippen LogP contribution in [0.25, 0.3) is 0 Å². The van der Waals surface area contributed by atoms with Gasteiger partial charge in [0, 0.05) is 24.2 Å². The molecule has 0 radical (unpaired) electrons. The van der Waals surface area contributed by atoms with Crippen LogP contribution in [-0.4, -0.2) is 16.7 Å². The number of rotatable bonds is 7. The summed E-state index contributed by atoms with van der Waals surface area (Å²) in [5.41, 5.74) is 2.04. The second-order valence-corrected chi connectivity index (χ2v) is 5.35. The molecule has 4 nitrogen and oxygen atoms in total. The van der Waals surface area contributed by atoms with E-state index >= 15 is 0 Å². The van der Waals surface area contributed by atoms with Crippen LogP contribution in [0.3, 0.4) is 0 Å². The van der Waals surface area contributed by atoms with Crippen molar-refractivity contribution >= 4 is 11.7 Å². The Morgan fingerprint density at radius 3 is 2.45 bits per heavy atom. The van der Waals surface area contributed by atoms with Crippen LogP contribution >= 0.6 is 0 Å². The van der Waals surface area contributed by atoms with Crippen LogP contribution in [0.2, 0.25) is 0 Å². The summed E-state index contributed by atoms with van der Waals surface area (Å²) in [7, 11) is 0. The zero-order valence-electron chi connectivity index (χ0n) is 13.1. The summed E-state index contributed by atoms with van der Waals surface area (Å²) in [6.45, 7) is 4.48. The largest absolute Gasteiger partial charge is 0.356 e. The lowest BCUT2D eigenvalue weighted by atomic mass is 9.94. The maximum Gasteiger partial charge on any atom is 0.267 e.